The van der Waals surface area contributed by atoms with Crippen molar-refractivity contribution in [3.05, 3.63) is 0 Å². The van der Waals surface area contributed by atoms with Crippen LogP contribution in [-0.4, -0.2) is 32.8 Å². The summed E-state index contributed by atoms with van der Waals surface area (Å²) in [5.41, 5.74) is 0. The van der Waals surface area contributed by atoms with Crippen LogP contribution in [0.4, 0.5) is 0 Å². The molecule has 0 aromatic carbocycles. The summed E-state index contributed by atoms with van der Waals surface area (Å²) in [4.78, 5) is 0. The minimum atomic E-state index is -0.0189. The molecule has 1 fully saturated rings. The Labute approximate surface area is 50.4 Å². The monoisotopic (exact) mass is 148 g/mol. The van der Waals surface area contributed by atoms with Gasteiger partial charge in [0.1, 0.15) is 9.28 Å². The maximum atomic E-state index is 5.38. The second-order valence-electron chi connectivity index (χ2n) is 2.29. The average Bonchev–Trinajstić information content (AvgIpc) is 1.69. The molecule has 0 aromatic rings. The number of rotatable bonds is 0. The molecule has 4 heteroatoms. The Bertz CT molecular complexity index is 52.1. The van der Waals surface area contributed by atoms with Crippen LogP contribution in [0.25, 0.3) is 0 Å². The normalized spacial score (nSPS) is 39.9. The number of hydrogen-bond acceptors (Lipinski definition) is 1. The molecule has 1 saturated heterocycles. The summed E-state index contributed by atoms with van der Waals surface area (Å²) in [5, 5.41) is 0. The first-order valence-electron chi connectivity index (χ1n) is 2.97. The molecule has 0 amide bonds. The second kappa shape index (κ2) is 2.81. The maximum Gasteiger partial charge on any atom is 0.140 e. The van der Waals surface area contributed by atoms with Crippen molar-refractivity contribution in [2.24, 2.45) is 0 Å². The van der Waals surface area contributed by atoms with E-state index >= 15 is 0 Å². The van der Waals surface area contributed by atoms with Crippen LogP contribution in [0.3, 0.4) is 0 Å². The third kappa shape index (κ3) is 1.90. The zero-order valence-electron chi connectivity index (χ0n) is 4.81. The molecule has 1 aliphatic heterocycles. The Morgan fingerprint density at radius 3 is 2.86 bits per heavy atom. The van der Waals surface area contributed by atoms with E-state index in [0.717, 1.165) is 6.61 Å². The average molecular weight is 148 g/mol. The maximum absolute atomic E-state index is 5.38. The predicted octanol–water partition coefficient (Wildman–Crippen LogP) is -1.46. The summed E-state index contributed by atoms with van der Waals surface area (Å²) >= 11 is 0. The highest BCUT2D eigenvalue weighted by molar-refractivity contribution is 7.34. The van der Waals surface area contributed by atoms with Gasteiger partial charge in [0.15, 0.2) is 0 Å². The number of hydrogen-bond donors (Lipinski definition) is 0. The Hall–Kier alpha value is 0.611. The molecule has 0 bridgehead atoms. The van der Waals surface area contributed by atoms with Crippen molar-refractivity contribution in [1.29, 1.82) is 0 Å². The van der Waals surface area contributed by atoms with Gasteiger partial charge in [0.05, 0.1) is 0 Å². The molecule has 0 saturated carbocycles. The molecule has 0 radical (unpaired) electrons. The molecule has 0 aliphatic carbocycles. The van der Waals surface area contributed by atoms with E-state index in [9.17, 15) is 0 Å². The first kappa shape index (κ1) is 5.74. The van der Waals surface area contributed by atoms with Gasteiger partial charge in [0, 0.05) is 23.5 Å². The Morgan fingerprint density at radius 2 is 2.57 bits per heavy atom. The van der Waals surface area contributed by atoms with Gasteiger partial charge in [-0.15, -0.1) is 0 Å². The molecule has 7 heavy (non-hydrogen) atoms. The molecule has 1 nitrogen and oxygen atoms in total. The molecular formula is C3H12OSi3. The summed E-state index contributed by atoms with van der Waals surface area (Å²) in [6, 6.07) is 1.50. The van der Waals surface area contributed by atoms with Gasteiger partial charge in [0.2, 0.25) is 0 Å². The van der Waals surface area contributed by atoms with Gasteiger partial charge < -0.3 is 4.43 Å². The van der Waals surface area contributed by atoms with Crippen molar-refractivity contribution in [3.8, 4) is 0 Å². The molecule has 1 heterocycles. The van der Waals surface area contributed by atoms with Crippen molar-refractivity contribution in [3.63, 3.8) is 0 Å². The lowest BCUT2D eigenvalue weighted by Crippen LogP contribution is -2.32. The zero-order chi connectivity index (χ0) is 5.11. The van der Waals surface area contributed by atoms with Crippen molar-refractivity contribution in [2.45, 2.75) is 12.6 Å². The topological polar surface area (TPSA) is 9.23 Å². The van der Waals surface area contributed by atoms with E-state index < -0.39 is 0 Å². The predicted molar refractivity (Wildman–Crippen MR) is 40.9 cm³/mol. The Kier molecular flexibility index (Phi) is 2.30. The second-order valence-corrected chi connectivity index (χ2v) is 18.8. The van der Waals surface area contributed by atoms with Crippen LogP contribution in [0, 0.1) is 0 Å². The van der Waals surface area contributed by atoms with E-state index in [-0.39, 0.29) is 17.6 Å². The Morgan fingerprint density at radius 1 is 1.71 bits per heavy atom. The van der Waals surface area contributed by atoms with Gasteiger partial charge in [0.25, 0.3) is 0 Å². The van der Waals surface area contributed by atoms with Crippen molar-refractivity contribution in [1.82, 2.24) is 0 Å². The fraction of sp³-hybridized carbons (Fsp3) is 1.00. The largest absolute Gasteiger partial charge is 0.428 e. The minimum Gasteiger partial charge on any atom is -0.428 e. The van der Waals surface area contributed by atoms with Crippen LogP contribution in [0.2, 0.25) is 12.6 Å². The summed E-state index contributed by atoms with van der Waals surface area (Å²) in [6.07, 6.45) is 0. The van der Waals surface area contributed by atoms with Crippen LogP contribution in [0.5, 0.6) is 0 Å². The minimum absolute atomic E-state index is 0.0189. The third-order valence-electron chi connectivity index (χ3n) is 1.51. The van der Waals surface area contributed by atoms with Crippen LogP contribution in [-0.2, 0) is 4.43 Å². The smallest absolute Gasteiger partial charge is 0.140 e. The van der Waals surface area contributed by atoms with Gasteiger partial charge in [-0.05, 0) is 6.04 Å². The summed E-state index contributed by atoms with van der Waals surface area (Å²) < 4.78 is 5.38. The van der Waals surface area contributed by atoms with E-state index in [1.165, 1.54) is 6.04 Å². The van der Waals surface area contributed by atoms with Gasteiger partial charge in [-0.3, -0.25) is 0 Å². The van der Waals surface area contributed by atoms with Gasteiger partial charge in [-0.1, -0.05) is 6.55 Å². The standard InChI is InChI=1S/C3H12OSi3/c1-7-3-2-4-5-6-7/h7H,2-3,5-6H2,1H3. The van der Waals surface area contributed by atoms with E-state index in [4.69, 9.17) is 4.43 Å². The first-order valence-corrected chi connectivity index (χ1v) is 12.8. The lowest BCUT2D eigenvalue weighted by molar-refractivity contribution is 0.367. The fourth-order valence-corrected chi connectivity index (χ4v) is 14.4. The third-order valence-corrected chi connectivity index (χ3v) is 21.3. The molecule has 0 N–H and O–H groups in total. The lowest BCUT2D eigenvalue weighted by atomic mass is 10.9. The van der Waals surface area contributed by atoms with Gasteiger partial charge >= 0.3 is 0 Å². The molecular weight excluding hydrogens is 136 g/mol. The van der Waals surface area contributed by atoms with Gasteiger partial charge in [-0.2, -0.15) is 0 Å². The highest BCUT2D eigenvalue weighted by atomic mass is 29.5. The highest BCUT2D eigenvalue weighted by Crippen LogP contribution is 1.95. The molecule has 1 unspecified atom stereocenters. The van der Waals surface area contributed by atoms with Crippen molar-refractivity contribution >= 4 is 26.1 Å². The lowest BCUT2D eigenvalue weighted by Gasteiger charge is -2.14. The molecule has 0 spiro atoms. The van der Waals surface area contributed by atoms with E-state index in [1.54, 1.807) is 0 Å². The van der Waals surface area contributed by atoms with E-state index in [0.29, 0.717) is 8.55 Å². The first-order chi connectivity index (χ1) is 3.39. The van der Waals surface area contributed by atoms with Crippen molar-refractivity contribution < 1.29 is 4.43 Å². The Balaban J connectivity index is 2.12. The van der Waals surface area contributed by atoms with Crippen molar-refractivity contribution in [2.75, 3.05) is 6.61 Å². The quantitative estimate of drug-likeness (QED) is 0.382. The van der Waals surface area contributed by atoms with Crippen LogP contribution >= 0.6 is 0 Å². The zero-order valence-corrected chi connectivity index (χ0v) is 8.80. The molecule has 1 rings (SSSR count). The van der Waals surface area contributed by atoms with Crippen LogP contribution < -0.4 is 0 Å². The summed E-state index contributed by atoms with van der Waals surface area (Å²) in [7, 11) is 0.631. The van der Waals surface area contributed by atoms with Crippen LogP contribution in [0.15, 0.2) is 0 Å². The molecule has 42 valence electrons. The molecule has 1 atom stereocenters. The van der Waals surface area contributed by atoms with E-state index in [1.807, 2.05) is 0 Å². The fourth-order valence-electron chi connectivity index (χ4n) is 0.815. The van der Waals surface area contributed by atoms with Gasteiger partial charge in [-0.25, -0.2) is 0 Å². The summed E-state index contributed by atoms with van der Waals surface area (Å²) in [6.45, 7) is 3.66. The van der Waals surface area contributed by atoms with Crippen LogP contribution in [0.1, 0.15) is 0 Å². The molecule has 0 aromatic heterocycles. The molecule has 1 aliphatic rings. The summed E-state index contributed by atoms with van der Waals surface area (Å²) in [5.74, 6) is 0. The van der Waals surface area contributed by atoms with E-state index in [2.05, 4.69) is 6.55 Å². The SMILES string of the molecule is C[SiH]1CCO[SiH2][SiH2]1. The highest BCUT2D eigenvalue weighted by Gasteiger charge is 2.09.